The number of alkyl halides is 1. The molecule has 1 aliphatic rings. The maximum atomic E-state index is 13.7. The van der Waals surface area contributed by atoms with Gasteiger partial charge in [0.1, 0.15) is 11.6 Å². The minimum atomic E-state index is -0.730. The van der Waals surface area contributed by atoms with Crippen LogP contribution in [-0.4, -0.2) is 47.1 Å². The Labute approximate surface area is 115 Å². The Bertz CT molecular complexity index is 483. The molecule has 0 radical (unpaired) electrons. The number of phenols is 1. The molecule has 0 aliphatic carbocycles. The Balaban J connectivity index is 2.22. The lowest BCUT2D eigenvalue weighted by Crippen LogP contribution is -2.51. The number of hydrogen-bond donors (Lipinski definition) is 1. The van der Waals surface area contributed by atoms with Crippen molar-refractivity contribution in [1.82, 2.24) is 4.90 Å². The predicted molar refractivity (Wildman–Crippen MR) is 69.0 cm³/mol. The van der Waals surface area contributed by atoms with Gasteiger partial charge in [-0.15, -0.1) is 11.6 Å². The van der Waals surface area contributed by atoms with Crippen molar-refractivity contribution in [2.24, 2.45) is 0 Å². The summed E-state index contributed by atoms with van der Waals surface area (Å²) in [5.74, 6) is -1.06. The third-order valence-corrected chi connectivity index (χ3v) is 3.47. The molecule has 1 saturated heterocycles. The minimum Gasteiger partial charge on any atom is -0.508 e. The number of carbonyl (C=O) groups is 1. The summed E-state index contributed by atoms with van der Waals surface area (Å²) < 4.78 is 19.1. The van der Waals surface area contributed by atoms with Gasteiger partial charge in [-0.3, -0.25) is 4.79 Å². The summed E-state index contributed by atoms with van der Waals surface area (Å²) in [5.41, 5.74) is -0.0557. The molecule has 1 heterocycles. The van der Waals surface area contributed by atoms with Crippen LogP contribution in [0.25, 0.3) is 0 Å². The monoisotopic (exact) mass is 287 g/mol. The van der Waals surface area contributed by atoms with Crippen LogP contribution in [0.3, 0.4) is 0 Å². The first-order chi connectivity index (χ1) is 9.02. The Hall–Kier alpha value is -1.33. The van der Waals surface area contributed by atoms with E-state index < -0.39 is 11.7 Å². The van der Waals surface area contributed by atoms with Crippen LogP contribution in [0.5, 0.6) is 5.75 Å². The highest BCUT2D eigenvalue weighted by atomic mass is 35.5. The first-order valence-electron chi connectivity index (χ1n) is 6.00. The molecule has 0 saturated carbocycles. The van der Waals surface area contributed by atoms with Crippen molar-refractivity contribution in [3.8, 4) is 5.75 Å². The molecule has 1 aliphatic heterocycles. The molecule has 0 aromatic heterocycles. The van der Waals surface area contributed by atoms with Crippen LogP contribution in [0.4, 0.5) is 4.39 Å². The topological polar surface area (TPSA) is 49.8 Å². The molecular formula is C13H15ClFNO3. The van der Waals surface area contributed by atoms with Gasteiger partial charge >= 0.3 is 0 Å². The fraction of sp³-hybridized carbons (Fsp3) is 0.462. The molecule has 6 heteroatoms. The van der Waals surface area contributed by atoms with E-state index in [-0.39, 0.29) is 29.3 Å². The summed E-state index contributed by atoms with van der Waals surface area (Å²) in [6, 6.07) is 3.36. The molecule has 19 heavy (non-hydrogen) atoms. The second kappa shape index (κ2) is 5.75. The van der Waals surface area contributed by atoms with E-state index in [9.17, 15) is 9.18 Å². The first kappa shape index (κ1) is 14.1. The van der Waals surface area contributed by atoms with Gasteiger partial charge in [-0.05, 0) is 19.1 Å². The average molecular weight is 288 g/mol. The molecule has 2 rings (SSSR count). The molecule has 4 nitrogen and oxygen atoms in total. The van der Waals surface area contributed by atoms with Gasteiger partial charge in [-0.2, -0.15) is 0 Å². The predicted octanol–water partition coefficient (Wildman–Crippen LogP) is 2.00. The van der Waals surface area contributed by atoms with Gasteiger partial charge in [0, 0.05) is 12.6 Å². The average Bonchev–Trinajstić information content (AvgIpc) is 2.38. The second-order valence-corrected chi connectivity index (χ2v) is 4.89. The molecule has 2 unspecified atom stereocenters. The first-order valence-corrected chi connectivity index (χ1v) is 6.53. The number of amides is 1. The van der Waals surface area contributed by atoms with Gasteiger partial charge in [-0.25, -0.2) is 4.39 Å². The van der Waals surface area contributed by atoms with E-state index in [2.05, 4.69) is 0 Å². The van der Waals surface area contributed by atoms with Crippen molar-refractivity contribution >= 4 is 17.5 Å². The van der Waals surface area contributed by atoms with Gasteiger partial charge in [0.05, 0.1) is 30.2 Å². The van der Waals surface area contributed by atoms with Crippen LogP contribution < -0.4 is 0 Å². The molecule has 0 bridgehead atoms. The molecule has 104 valence electrons. The fourth-order valence-corrected chi connectivity index (χ4v) is 2.21. The fourth-order valence-electron chi connectivity index (χ4n) is 2.03. The maximum absolute atomic E-state index is 13.7. The van der Waals surface area contributed by atoms with Gasteiger partial charge in [0.15, 0.2) is 0 Å². The lowest BCUT2D eigenvalue weighted by molar-refractivity contribution is -0.0373. The van der Waals surface area contributed by atoms with Crippen molar-refractivity contribution in [2.75, 3.05) is 19.0 Å². The third kappa shape index (κ3) is 2.98. The zero-order valence-corrected chi connectivity index (χ0v) is 11.2. The number of hydrogen-bond acceptors (Lipinski definition) is 3. The summed E-state index contributed by atoms with van der Waals surface area (Å²) in [6.07, 6.45) is -0.234. The highest BCUT2D eigenvalue weighted by Crippen LogP contribution is 2.20. The molecule has 0 spiro atoms. The van der Waals surface area contributed by atoms with Gasteiger partial charge in [0.25, 0.3) is 5.91 Å². The zero-order valence-electron chi connectivity index (χ0n) is 10.5. The van der Waals surface area contributed by atoms with E-state index in [1.54, 1.807) is 4.90 Å². The minimum absolute atomic E-state index is 0.0557. The zero-order chi connectivity index (χ0) is 14.0. The quantitative estimate of drug-likeness (QED) is 0.847. The molecule has 1 aromatic rings. The SMILES string of the molecule is CC1COC(CCl)CN1C(=O)c1ccc(O)cc1F. The summed E-state index contributed by atoms with van der Waals surface area (Å²) in [7, 11) is 0. The maximum Gasteiger partial charge on any atom is 0.257 e. The molecule has 1 fully saturated rings. The van der Waals surface area contributed by atoms with Crippen molar-refractivity contribution in [2.45, 2.75) is 19.1 Å². The standard InChI is InChI=1S/C13H15ClFNO3/c1-8-7-19-10(5-14)6-16(8)13(18)11-3-2-9(17)4-12(11)15/h2-4,8,10,17H,5-7H2,1H3. The Morgan fingerprint density at radius 3 is 3.00 bits per heavy atom. The number of nitrogens with zero attached hydrogens (tertiary/aromatic N) is 1. The van der Waals surface area contributed by atoms with Crippen LogP contribution in [0, 0.1) is 5.82 Å². The Morgan fingerprint density at radius 2 is 2.37 bits per heavy atom. The second-order valence-electron chi connectivity index (χ2n) is 4.58. The molecular weight excluding hydrogens is 273 g/mol. The van der Waals surface area contributed by atoms with Crippen molar-refractivity contribution in [3.05, 3.63) is 29.6 Å². The number of benzene rings is 1. The molecule has 1 aromatic carbocycles. The van der Waals surface area contributed by atoms with Gasteiger partial charge in [0.2, 0.25) is 0 Å². The number of aromatic hydroxyl groups is 1. The molecule has 1 amide bonds. The highest BCUT2D eigenvalue weighted by molar-refractivity contribution is 6.18. The van der Waals surface area contributed by atoms with Crippen LogP contribution in [0.1, 0.15) is 17.3 Å². The number of morpholine rings is 1. The lowest BCUT2D eigenvalue weighted by atomic mass is 10.1. The smallest absolute Gasteiger partial charge is 0.257 e. The number of ether oxygens (including phenoxy) is 1. The summed E-state index contributed by atoms with van der Waals surface area (Å²) in [5, 5.41) is 9.16. The number of halogens is 2. The third-order valence-electron chi connectivity index (χ3n) is 3.12. The van der Waals surface area contributed by atoms with Gasteiger partial charge in [-0.1, -0.05) is 0 Å². The summed E-state index contributed by atoms with van der Waals surface area (Å²) >= 11 is 5.73. The largest absolute Gasteiger partial charge is 0.508 e. The van der Waals surface area contributed by atoms with Crippen LogP contribution in [-0.2, 0) is 4.74 Å². The van der Waals surface area contributed by atoms with Gasteiger partial charge < -0.3 is 14.7 Å². The summed E-state index contributed by atoms with van der Waals surface area (Å²) in [6.45, 7) is 2.55. The van der Waals surface area contributed by atoms with Crippen molar-refractivity contribution in [1.29, 1.82) is 0 Å². The Kier molecular flexibility index (Phi) is 4.27. The van der Waals surface area contributed by atoms with Crippen LogP contribution in [0.15, 0.2) is 18.2 Å². The lowest BCUT2D eigenvalue weighted by Gasteiger charge is -2.37. The Morgan fingerprint density at radius 1 is 1.63 bits per heavy atom. The van der Waals surface area contributed by atoms with Crippen molar-refractivity contribution < 1.29 is 19.0 Å². The highest BCUT2D eigenvalue weighted by Gasteiger charge is 2.31. The normalized spacial score (nSPS) is 23.4. The number of phenolic OH excluding ortho intramolecular Hbond substituents is 1. The van der Waals surface area contributed by atoms with E-state index in [4.69, 9.17) is 21.4 Å². The van der Waals surface area contributed by atoms with E-state index in [0.717, 1.165) is 6.07 Å². The molecule has 2 atom stereocenters. The van der Waals surface area contributed by atoms with E-state index in [1.165, 1.54) is 12.1 Å². The summed E-state index contributed by atoms with van der Waals surface area (Å²) in [4.78, 5) is 13.9. The number of carbonyl (C=O) groups excluding carboxylic acids is 1. The van der Waals surface area contributed by atoms with E-state index >= 15 is 0 Å². The number of rotatable bonds is 2. The van der Waals surface area contributed by atoms with Crippen LogP contribution >= 0.6 is 11.6 Å². The van der Waals surface area contributed by atoms with E-state index in [0.29, 0.717) is 13.2 Å². The van der Waals surface area contributed by atoms with Crippen molar-refractivity contribution in [3.63, 3.8) is 0 Å². The van der Waals surface area contributed by atoms with Crippen LogP contribution in [0.2, 0.25) is 0 Å². The molecule has 1 N–H and O–H groups in total. The van der Waals surface area contributed by atoms with E-state index in [1.807, 2.05) is 6.92 Å².